The van der Waals surface area contributed by atoms with Gasteiger partial charge in [0, 0.05) is 11.6 Å². The lowest BCUT2D eigenvalue weighted by Gasteiger charge is -2.15. The van der Waals surface area contributed by atoms with Gasteiger partial charge >= 0.3 is 0 Å². The second-order valence-corrected chi connectivity index (χ2v) is 3.67. The van der Waals surface area contributed by atoms with Crippen molar-refractivity contribution >= 4 is 11.9 Å². The van der Waals surface area contributed by atoms with Crippen molar-refractivity contribution < 1.29 is 0 Å². The predicted molar refractivity (Wildman–Crippen MR) is 44.8 cm³/mol. The van der Waals surface area contributed by atoms with E-state index in [1.54, 1.807) is 0 Å². The zero-order valence-corrected chi connectivity index (χ0v) is 7.05. The van der Waals surface area contributed by atoms with Crippen LogP contribution in [0.15, 0.2) is 9.98 Å². The zero-order chi connectivity index (χ0) is 7.78. The Bertz CT molecular complexity index is 184. The first-order chi connectivity index (χ1) is 4.50. The normalized spacial score (nSPS) is 25.2. The standard InChI is InChI=1S/C8H14N2/c1-6-9-5-7(10-6)8(2,3)4/h5-6H,1-4H3. The quantitative estimate of drug-likeness (QED) is 0.488. The predicted octanol–water partition coefficient (Wildman–Crippen LogP) is 1.90. The fraction of sp³-hybridized carbons (Fsp3) is 0.750. The third-order valence-electron chi connectivity index (χ3n) is 1.51. The van der Waals surface area contributed by atoms with Gasteiger partial charge in [-0.25, -0.2) is 0 Å². The van der Waals surface area contributed by atoms with E-state index in [4.69, 9.17) is 0 Å². The van der Waals surface area contributed by atoms with Gasteiger partial charge in [-0.3, -0.25) is 9.98 Å². The number of nitrogens with zero attached hydrogens (tertiary/aromatic N) is 2. The largest absolute Gasteiger partial charge is 0.265 e. The zero-order valence-electron chi connectivity index (χ0n) is 7.05. The molecule has 0 saturated heterocycles. The lowest BCUT2D eigenvalue weighted by Crippen LogP contribution is -2.19. The molecule has 0 N–H and O–H groups in total. The van der Waals surface area contributed by atoms with E-state index in [9.17, 15) is 0 Å². The molecule has 1 aliphatic rings. The summed E-state index contributed by atoms with van der Waals surface area (Å²) < 4.78 is 0. The molecule has 0 bridgehead atoms. The molecule has 56 valence electrons. The van der Waals surface area contributed by atoms with E-state index >= 15 is 0 Å². The molecule has 0 saturated carbocycles. The third-order valence-corrected chi connectivity index (χ3v) is 1.51. The van der Waals surface area contributed by atoms with Crippen LogP contribution in [0.3, 0.4) is 0 Å². The van der Waals surface area contributed by atoms with Gasteiger partial charge in [-0.2, -0.15) is 0 Å². The van der Waals surface area contributed by atoms with Gasteiger partial charge in [0.05, 0.1) is 5.71 Å². The molecule has 0 aromatic heterocycles. The van der Waals surface area contributed by atoms with Crippen molar-refractivity contribution in [2.75, 3.05) is 0 Å². The molecule has 1 rings (SSSR count). The Morgan fingerprint density at radius 3 is 2.20 bits per heavy atom. The average Bonchev–Trinajstić information content (AvgIpc) is 2.11. The summed E-state index contributed by atoms with van der Waals surface area (Å²) in [6.45, 7) is 8.44. The highest BCUT2D eigenvalue weighted by molar-refractivity contribution is 6.33. The van der Waals surface area contributed by atoms with Gasteiger partial charge in [-0.05, 0) is 6.92 Å². The molecule has 1 atom stereocenters. The van der Waals surface area contributed by atoms with Crippen LogP contribution in [-0.4, -0.2) is 18.1 Å². The van der Waals surface area contributed by atoms with Crippen LogP contribution < -0.4 is 0 Å². The molecule has 1 aliphatic heterocycles. The van der Waals surface area contributed by atoms with Crippen molar-refractivity contribution in [2.24, 2.45) is 15.4 Å². The van der Waals surface area contributed by atoms with E-state index in [0.717, 1.165) is 5.71 Å². The van der Waals surface area contributed by atoms with Crippen molar-refractivity contribution in [3.63, 3.8) is 0 Å². The van der Waals surface area contributed by atoms with E-state index in [-0.39, 0.29) is 11.6 Å². The molecule has 0 amide bonds. The van der Waals surface area contributed by atoms with Crippen LogP contribution in [0, 0.1) is 5.41 Å². The summed E-state index contributed by atoms with van der Waals surface area (Å²) in [5.74, 6) is 0. The maximum Gasteiger partial charge on any atom is 0.137 e. The van der Waals surface area contributed by atoms with Gasteiger partial charge < -0.3 is 0 Å². The fourth-order valence-electron chi connectivity index (χ4n) is 0.834. The molecule has 0 radical (unpaired) electrons. The second-order valence-electron chi connectivity index (χ2n) is 3.67. The summed E-state index contributed by atoms with van der Waals surface area (Å²) in [7, 11) is 0. The summed E-state index contributed by atoms with van der Waals surface area (Å²) in [4.78, 5) is 8.51. The Hall–Kier alpha value is -0.660. The molecule has 0 aromatic rings. The van der Waals surface area contributed by atoms with Crippen molar-refractivity contribution in [3.8, 4) is 0 Å². The minimum absolute atomic E-state index is 0.147. The Morgan fingerprint density at radius 2 is 2.00 bits per heavy atom. The van der Waals surface area contributed by atoms with Crippen LogP contribution in [0.1, 0.15) is 27.7 Å². The first-order valence-corrected chi connectivity index (χ1v) is 3.61. The average molecular weight is 138 g/mol. The summed E-state index contributed by atoms with van der Waals surface area (Å²) >= 11 is 0. The highest BCUT2D eigenvalue weighted by Crippen LogP contribution is 2.18. The molecule has 0 aromatic carbocycles. The van der Waals surface area contributed by atoms with Crippen molar-refractivity contribution in [3.05, 3.63) is 0 Å². The SMILES string of the molecule is CC1N=CC(C(C)(C)C)=N1. The van der Waals surface area contributed by atoms with Crippen molar-refractivity contribution in [1.29, 1.82) is 0 Å². The Morgan fingerprint density at radius 1 is 1.40 bits per heavy atom. The van der Waals surface area contributed by atoms with Crippen LogP contribution >= 0.6 is 0 Å². The van der Waals surface area contributed by atoms with Gasteiger partial charge in [0.1, 0.15) is 6.17 Å². The summed E-state index contributed by atoms with van der Waals surface area (Å²) in [6.07, 6.45) is 2.03. The van der Waals surface area contributed by atoms with Crippen molar-refractivity contribution in [1.82, 2.24) is 0 Å². The highest BCUT2D eigenvalue weighted by Gasteiger charge is 2.20. The smallest absolute Gasteiger partial charge is 0.137 e. The molecule has 2 heteroatoms. The molecular formula is C8H14N2. The molecular weight excluding hydrogens is 124 g/mol. The van der Waals surface area contributed by atoms with Gasteiger partial charge in [-0.1, -0.05) is 20.8 Å². The minimum Gasteiger partial charge on any atom is -0.265 e. The van der Waals surface area contributed by atoms with Gasteiger partial charge in [-0.15, -0.1) is 0 Å². The van der Waals surface area contributed by atoms with E-state index in [2.05, 4.69) is 30.8 Å². The second kappa shape index (κ2) is 2.19. The van der Waals surface area contributed by atoms with E-state index in [0.29, 0.717) is 0 Å². The van der Waals surface area contributed by atoms with Gasteiger partial charge in [0.25, 0.3) is 0 Å². The van der Waals surface area contributed by atoms with E-state index in [1.807, 2.05) is 13.1 Å². The molecule has 10 heavy (non-hydrogen) atoms. The maximum atomic E-state index is 4.35. The topological polar surface area (TPSA) is 24.7 Å². The summed E-state index contributed by atoms with van der Waals surface area (Å²) in [5, 5.41) is 0. The van der Waals surface area contributed by atoms with Crippen LogP contribution in [0.4, 0.5) is 0 Å². The third kappa shape index (κ3) is 1.43. The van der Waals surface area contributed by atoms with Crippen LogP contribution in [0.2, 0.25) is 0 Å². The van der Waals surface area contributed by atoms with E-state index < -0.39 is 0 Å². The van der Waals surface area contributed by atoms with Gasteiger partial charge in [0.15, 0.2) is 0 Å². The first kappa shape index (κ1) is 7.45. The fourth-order valence-corrected chi connectivity index (χ4v) is 0.834. The van der Waals surface area contributed by atoms with Gasteiger partial charge in [0.2, 0.25) is 0 Å². The number of hydrogen-bond donors (Lipinski definition) is 0. The molecule has 0 aliphatic carbocycles. The Balaban J connectivity index is 2.78. The highest BCUT2D eigenvalue weighted by atomic mass is 15.0. The molecule has 0 fully saturated rings. The monoisotopic (exact) mass is 138 g/mol. The first-order valence-electron chi connectivity index (χ1n) is 3.61. The van der Waals surface area contributed by atoms with Crippen molar-refractivity contribution in [2.45, 2.75) is 33.9 Å². The molecule has 1 unspecified atom stereocenters. The molecule has 1 heterocycles. The van der Waals surface area contributed by atoms with Crippen LogP contribution in [0.25, 0.3) is 0 Å². The lowest BCUT2D eigenvalue weighted by molar-refractivity contribution is 0.595. The minimum atomic E-state index is 0.147. The van der Waals surface area contributed by atoms with E-state index in [1.165, 1.54) is 0 Å². The number of rotatable bonds is 0. The number of hydrogen-bond acceptors (Lipinski definition) is 2. The lowest BCUT2D eigenvalue weighted by atomic mass is 9.91. The summed E-state index contributed by atoms with van der Waals surface area (Å²) in [5.41, 5.74) is 1.27. The van der Waals surface area contributed by atoms with Crippen LogP contribution in [-0.2, 0) is 0 Å². The van der Waals surface area contributed by atoms with Crippen LogP contribution in [0.5, 0.6) is 0 Å². The maximum absolute atomic E-state index is 4.35. The molecule has 2 nitrogen and oxygen atoms in total. The Kier molecular flexibility index (Phi) is 1.63. The summed E-state index contributed by atoms with van der Waals surface area (Å²) in [6, 6.07) is 0. The number of aliphatic imine (C=N–C) groups is 2. The Labute approximate surface area is 62.1 Å². The molecule has 0 spiro atoms.